The SMILES string of the molecule is COC(=O)[C@@H](Cc1cc(Cl)ccc1Br)NC(=O)C(c1ccccc1)(c1ccccc1)c1ccccc1. The number of carbonyl (C=O) groups excluding carboxylic acids is 2. The predicted octanol–water partition coefficient (Wildman–Crippen LogP) is 6.34. The van der Waals surface area contributed by atoms with Crippen molar-refractivity contribution in [1.82, 2.24) is 5.32 Å². The summed E-state index contributed by atoms with van der Waals surface area (Å²) >= 11 is 9.73. The van der Waals surface area contributed by atoms with E-state index in [1.807, 2.05) is 97.1 Å². The summed E-state index contributed by atoms with van der Waals surface area (Å²) in [6.45, 7) is 0. The van der Waals surface area contributed by atoms with E-state index in [2.05, 4.69) is 21.2 Å². The zero-order chi connectivity index (χ0) is 25.5. The molecular weight excluding hydrogens is 538 g/mol. The molecule has 0 radical (unpaired) electrons. The Bertz CT molecular complexity index is 1230. The van der Waals surface area contributed by atoms with Crippen molar-refractivity contribution in [3.63, 3.8) is 0 Å². The topological polar surface area (TPSA) is 55.4 Å². The van der Waals surface area contributed by atoms with Crippen molar-refractivity contribution < 1.29 is 14.3 Å². The van der Waals surface area contributed by atoms with Crippen LogP contribution in [0.4, 0.5) is 0 Å². The summed E-state index contributed by atoms with van der Waals surface area (Å²) in [5, 5.41) is 3.56. The highest BCUT2D eigenvalue weighted by molar-refractivity contribution is 9.10. The van der Waals surface area contributed by atoms with Gasteiger partial charge in [0.05, 0.1) is 7.11 Å². The van der Waals surface area contributed by atoms with Gasteiger partial charge in [-0.15, -0.1) is 0 Å². The molecule has 1 amide bonds. The first-order valence-corrected chi connectivity index (χ1v) is 12.6. The van der Waals surface area contributed by atoms with Crippen LogP contribution in [0.2, 0.25) is 5.02 Å². The molecule has 0 aliphatic rings. The number of hydrogen-bond donors (Lipinski definition) is 1. The lowest BCUT2D eigenvalue weighted by atomic mass is 9.68. The number of nitrogens with one attached hydrogen (secondary N) is 1. The molecule has 0 heterocycles. The quantitative estimate of drug-likeness (QED) is 0.201. The van der Waals surface area contributed by atoms with Gasteiger partial charge in [-0.3, -0.25) is 4.79 Å². The van der Waals surface area contributed by atoms with Crippen LogP contribution in [0.3, 0.4) is 0 Å². The van der Waals surface area contributed by atoms with E-state index in [4.69, 9.17) is 16.3 Å². The van der Waals surface area contributed by atoms with Crippen molar-refractivity contribution in [2.75, 3.05) is 7.11 Å². The van der Waals surface area contributed by atoms with Crippen LogP contribution in [0.1, 0.15) is 22.3 Å². The van der Waals surface area contributed by atoms with Gasteiger partial charge in [0.2, 0.25) is 5.91 Å². The molecule has 0 saturated carbocycles. The van der Waals surface area contributed by atoms with Crippen molar-refractivity contribution in [2.45, 2.75) is 17.9 Å². The van der Waals surface area contributed by atoms with E-state index in [1.54, 1.807) is 12.1 Å². The molecule has 0 spiro atoms. The fourth-order valence-corrected chi connectivity index (χ4v) is 5.08. The Morgan fingerprint density at radius 2 is 1.31 bits per heavy atom. The molecule has 0 bridgehead atoms. The van der Waals surface area contributed by atoms with Crippen LogP contribution in [-0.4, -0.2) is 25.0 Å². The Hall–Kier alpha value is -3.41. The largest absolute Gasteiger partial charge is 0.467 e. The molecule has 36 heavy (non-hydrogen) atoms. The molecule has 0 aliphatic carbocycles. The fourth-order valence-electron chi connectivity index (χ4n) is 4.48. The Morgan fingerprint density at radius 3 is 1.75 bits per heavy atom. The summed E-state index contributed by atoms with van der Waals surface area (Å²) in [4.78, 5) is 27.4. The summed E-state index contributed by atoms with van der Waals surface area (Å²) in [7, 11) is 1.31. The number of rotatable bonds is 8. The maximum atomic E-state index is 14.5. The number of benzene rings is 4. The molecule has 6 heteroatoms. The van der Waals surface area contributed by atoms with E-state index in [0.717, 1.165) is 26.7 Å². The van der Waals surface area contributed by atoms with Crippen LogP contribution in [0.5, 0.6) is 0 Å². The monoisotopic (exact) mass is 561 g/mol. The first kappa shape index (κ1) is 25.7. The van der Waals surface area contributed by atoms with Gasteiger partial charge in [0.15, 0.2) is 0 Å². The van der Waals surface area contributed by atoms with Crippen molar-refractivity contribution in [3.8, 4) is 0 Å². The molecule has 0 aliphatic heterocycles. The van der Waals surface area contributed by atoms with Gasteiger partial charge in [0.1, 0.15) is 11.5 Å². The third-order valence-electron chi connectivity index (χ3n) is 6.18. The predicted molar refractivity (Wildman–Crippen MR) is 146 cm³/mol. The normalized spacial score (nSPS) is 12.0. The van der Waals surface area contributed by atoms with Crippen molar-refractivity contribution in [2.24, 2.45) is 0 Å². The van der Waals surface area contributed by atoms with Crippen molar-refractivity contribution in [1.29, 1.82) is 0 Å². The molecule has 0 saturated heterocycles. The highest BCUT2D eigenvalue weighted by atomic mass is 79.9. The molecule has 0 fully saturated rings. The molecule has 182 valence electrons. The standard InChI is InChI=1S/C30H25BrClNO3/c1-36-28(34)27(20-21-19-25(32)17-18-26(21)31)33-29(35)30(22-11-5-2-6-12-22,23-13-7-3-8-14-23)24-15-9-4-10-16-24/h2-19,27H,20H2,1H3,(H,33,35)/t27-/m1/s1. The molecular formula is C30H25BrClNO3. The molecule has 1 N–H and O–H groups in total. The van der Waals surface area contributed by atoms with Crippen LogP contribution in [0, 0.1) is 0 Å². The average Bonchev–Trinajstić information content (AvgIpc) is 2.92. The van der Waals surface area contributed by atoms with Crippen molar-refractivity contribution >= 4 is 39.4 Å². The number of halogens is 2. The van der Waals surface area contributed by atoms with Gasteiger partial charge in [-0.05, 0) is 40.5 Å². The number of ether oxygens (including phenoxy) is 1. The molecule has 0 aromatic heterocycles. The third-order valence-corrected chi connectivity index (χ3v) is 7.19. The number of methoxy groups -OCH3 is 1. The van der Waals surface area contributed by atoms with Crippen LogP contribution in [0.25, 0.3) is 0 Å². The Balaban J connectivity index is 1.86. The summed E-state index contributed by atoms with van der Waals surface area (Å²) < 4.78 is 5.87. The number of esters is 1. The first-order valence-electron chi connectivity index (χ1n) is 11.5. The Kier molecular flexibility index (Phi) is 8.24. The maximum Gasteiger partial charge on any atom is 0.328 e. The minimum atomic E-state index is -1.21. The zero-order valence-corrected chi connectivity index (χ0v) is 22.0. The highest BCUT2D eigenvalue weighted by Gasteiger charge is 2.45. The van der Waals surface area contributed by atoms with Crippen LogP contribution in [-0.2, 0) is 26.2 Å². The van der Waals surface area contributed by atoms with Crippen LogP contribution >= 0.6 is 27.5 Å². The third kappa shape index (κ3) is 5.23. The summed E-state index contributed by atoms with van der Waals surface area (Å²) in [5.74, 6) is -0.877. The smallest absolute Gasteiger partial charge is 0.328 e. The van der Waals surface area contributed by atoms with E-state index < -0.39 is 17.4 Å². The lowest BCUT2D eigenvalue weighted by Gasteiger charge is -2.35. The minimum absolute atomic E-state index is 0.202. The molecule has 1 atom stereocenters. The van der Waals surface area contributed by atoms with Gasteiger partial charge in [0.25, 0.3) is 0 Å². The average molecular weight is 563 g/mol. The second kappa shape index (κ2) is 11.5. The minimum Gasteiger partial charge on any atom is -0.467 e. The molecule has 4 nitrogen and oxygen atoms in total. The number of amides is 1. The summed E-state index contributed by atoms with van der Waals surface area (Å²) in [5.41, 5.74) is 1.93. The molecule has 0 unspecified atom stereocenters. The van der Waals surface area contributed by atoms with E-state index >= 15 is 0 Å². The molecule has 4 aromatic rings. The van der Waals surface area contributed by atoms with E-state index in [9.17, 15) is 9.59 Å². The first-order chi connectivity index (χ1) is 17.5. The summed E-state index contributed by atoms with van der Waals surface area (Å²) in [6.07, 6.45) is 0.202. The number of hydrogen-bond acceptors (Lipinski definition) is 3. The highest BCUT2D eigenvalue weighted by Crippen LogP contribution is 2.39. The van der Waals surface area contributed by atoms with Gasteiger partial charge in [-0.25, -0.2) is 4.79 Å². The van der Waals surface area contributed by atoms with Gasteiger partial charge in [-0.1, -0.05) is 119 Å². The van der Waals surface area contributed by atoms with Crippen LogP contribution in [0.15, 0.2) is 114 Å². The van der Waals surface area contributed by atoms with E-state index in [1.165, 1.54) is 7.11 Å². The molecule has 4 aromatic carbocycles. The van der Waals surface area contributed by atoms with E-state index in [0.29, 0.717) is 5.02 Å². The molecule has 4 rings (SSSR count). The second-order valence-electron chi connectivity index (χ2n) is 8.34. The fraction of sp³-hybridized carbons (Fsp3) is 0.133. The van der Waals surface area contributed by atoms with Gasteiger partial charge >= 0.3 is 5.97 Å². The van der Waals surface area contributed by atoms with Gasteiger partial charge < -0.3 is 10.1 Å². The van der Waals surface area contributed by atoms with Crippen molar-refractivity contribution in [3.05, 3.63) is 141 Å². The van der Waals surface area contributed by atoms with E-state index in [-0.39, 0.29) is 12.3 Å². The Labute approximate surface area is 224 Å². The zero-order valence-electron chi connectivity index (χ0n) is 19.7. The summed E-state index contributed by atoms with van der Waals surface area (Å²) in [6, 6.07) is 33.2. The van der Waals surface area contributed by atoms with Crippen LogP contribution < -0.4 is 5.32 Å². The van der Waals surface area contributed by atoms with Gasteiger partial charge in [-0.2, -0.15) is 0 Å². The lowest BCUT2D eigenvalue weighted by molar-refractivity contribution is -0.145. The number of carbonyl (C=O) groups is 2. The lowest BCUT2D eigenvalue weighted by Crippen LogP contribution is -2.52. The second-order valence-corrected chi connectivity index (χ2v) is 9.63. The maximum absolute atomic E-state index is 14.5. The Morgan fingerprint density at radius 1 is 0.833 bits per heavy atom. The van der Waals surface area contributed by atoms with Gasteiger partial charge in [0, 0.05) is 15.9 Å².